The highest BCUT2D eigenvalue weighted by Gasteiger charge is 2.07. The van der Waals surface area contributed by atoms with Gasteiger partial charge in [-0.15, -0.1) is 0 Å². The SMILES string of the molecule is CCNC(=NCC(=O)NCc1ccco1)NCC(C)Oc1cccc(C)c1. The van der Waals surface area contributed by atoms with E-state index in [1.54, 1.807) is 12.3 Å². The fourth-order valence-electron chi connectivity index (χ4n) is 2.35. The van der Waals surface area contributed by atoms with Crippen LogP contribution in [0.25, 0.3) is 0 Å². The minimum atomic E-state index is -0.173. The molecule has 0 bridgehead atoms. The van der Waals surface area contributed by atoms with Crippen molar-refractivity contribution < 1.29 is 13.9 Å². The Bertz CT molecular complexity index is 729. The molecule has 7 heteroatoms. The molecule has 0 saturated heterocycles. The van der Waals surface area contributed by atoms with Crippen LogP contribution in [0.5, 0.6) is 5.75 Å². The summed E-state index contributed by atoms with van der Waals surface area (Å²) in [5.74, 6) is 1.95. The van der Waals surface area contributed by atoms with Crippen LogP contribution in [0.15, 0.2) is 52.1 Å². The fourth-order valence-corrected chi connectivity index (χ4v) is 2.35. The molecule has 0 aliphatic carbocycles. The number of nitrogens with zero attached hydrogens (tertiary/aromatic N) is 1. The predicted octanol–water partition coefficient (Wildman–Crippen LogP) is 2.23. The van der Waals surface area contributed by atoms with E-state index in [1.165, 1.54) is 0 Å². The Balaban J connectivity index is 1.77. The second kappa shape index (κ2) is 10.9. The summed E-state index contributed by atoms with van der Waals surface area (Å²) in [7, 11) is 0. The van der Waals surface area contributed by atoms with Gasteiger partial charge in [0.2, 0.25) is 5.91 Å². The highest BCUT2D eigenvalue weighted by atomic mass is 16.5. The molecule has 146 valence electrons. The molecule has 1 aromatic carbocycles. The summed E-state index contributed by atoms with van der Waals surface area (Å²) in [5, 5.41) is 9.08. The van der Waals surface area contributed by atoms with Crippen LogP contribution >= 0.6 is 0 Å². The minimum Gasteiger partial charge on any atom is -0.489 e. The number of aliphatic imine (C=N–C) groups is 1. The van der Waals surface area contributed by atoms with Gasteiger partial charge >= 0.3 is 0 Å². The Hall–Kier alpha value is -2.96. The molecule has 7 nitrogen and oxygen atoms in total. The van der Waals surface area contributed by atoms with Crippen LogP contribution in [0.4, 0.5) is 0 Å². The molecule has 0 aliphatic rings. The van der Waals surface area contributed by atoms with Crippen molar-refractivity contribution in [3.8, 4) is 5.75 Å². The van der Waals surface area contributed by atoms with E-state index in [1.807, 2.05) is 51.1 Å². The Labute approximate surface area is 160 Å². The van der Waals surface area contributed by atoms with Gasteiger partial charge in [0, 0.05) is 6.54 Å². The Morgan fingerprint density at radius 1 is 1.22 bits per heavy atom. The number of rotatable bonds is 9. The number of hydrogen-bond donors (Lipinski definition) is 3. The lowest BCUT2D eigenvalue weighted by atomic mass is 10.2. The van der Waals surface area contributed by atoms with Gasteiger partial charge < -0.3 is 25.1 Å². The number of furan rings is 1. The maximum absolute atomic E-state index is 11.9. The van der Waals surface area contributed by atoms with Crippen LogP contribution in [0.2, 0.25) is 0 Å². The van der Waals surface area contributed by atoms with Gasteiger partial charge in [0.15, 0.2) is 5.96 Å². The van der Waals surface area contributed by atoms with E-state index >= 15 is 0 Å². The first kappa shape index (κ1) is 20.4. The third-order valence-corrected chi connectivity index (χ3v) is 3.65. The maximum Gasteiger partial charge on any atom is 0.242 e. The first-order valence-corrected chi connectivity index (χ1v) is 9.11. The number of carbonyl (C=O) groups excluding carboxylic acids is 1. The van der Waals surface area contributed by atoms with Crippen LogP contribution in [0.3, 0.4) is 0 Å². The second-order valence-electron chi connectivity index (χ2n) is 6.18. The third kappa shape index (κ3) is 7.85. The molecule has 2 rings (SSSR count). The number of nitrogens with one attached hydrogen (secondary N) is 3. The Morgan fingerprint density at radius 3 is 2.78 bits per heavy atom. The van der Waals surface area contributed by atoms with E-state index in [9.17, 15) is 4.79 Å². The first-order chi connectivity index (χ1) is 13.1. The second-order valence-corrected chi connectivity index (χ2v) is 6.18. The van der Waals surface area contributed by atoms with E-state index in [2.05, 4.69) is 20.9 Å². The topological polar surface area (TPSA) is 87.9 Å². The zero-order chi connectivity index (χ0) is 19.5. The van der Waals surface area contributed by atoms with Crippen molar-refractivity contribution in [3.05, 3.63) is 54.0 Å². The van der Waals surface area contributed by atoms with E-state index in [-0.39, 0.29) is 18.6 Å². The molecular weight excluding hydrogens is 344 g/mol. The molecule has 3 N–H and O–H groups in total. The summed E-state index contributed by atoms with van der Waals surface area (Å²) in [6.45, 7) is 7.63. The third-order valence-electron chi connectivity index (χ3n) is 3.65. The number of hydrogen-bond acceptors (Lipinski definition) is 4. The largest absolute Gasteiger partial charge is 0.489 e. The zero-order valence-corrected chi connectivity index (χ0v) is 16.1. The predicted molar refractivity (Wildman–Crippen MR) is 106 cm³/mol. The van der Waals surface area contributed by atoms with E-state index in [0.29, 0.717) is 31.4 Å². The molecule has 1 heterocycles. The molecule has 27 heavy (non-hydrogen) atoms. The summed E-state index contributed by atoms with van der Waals surface area (Å²) in [6.07, 6.45) is 1.52. The molecular formula is C20H28N4O3. The van der Waals surface area contributed by atoms with Gasteiger partial charge in [-0.1, -0.05) is 12.1 Å². The lowest BCUT2D eigenvalue weighted by Gasteiger charge is -2.18. The van der Waals surface area contributed by atoms with Crippen molar-refractivity contribution in [1.82, 2.24) is 16.0 Å². The summed E-state index contributed by atoms with van der Waals surface area (Å²) in [4.78, 5) is 16.2. The van der Waals surface area contributed by atoms with E-state index in [4.69, 9.17) is 9.15 Å². The Morgan fingerprint density at radius 2 is 2.07 bits per heavy atom. The Kier molecular flexibility index (Phi) is 8.22. The molecule has 1 amide bonds. The summed E-state index contributed by atoms with van der Waals surface area (Å²) >= 11 is 0. The molecule has 2 aromatic rings. The van der Waals surface area contributed by atoms with Crippen molar-refractivity contribution in [2.75, 3.05) is 19.6 Å². The van der Waals surface area contributed by atoms with Gasteiger partial charge in [-0.3, -0.25) is 4.79 Å². The average Bonchev–Trinajstić information content (AvgIpc) is 3.16. The summed E-state index contributed by atoms with van der Waals surface area (Å²) in [5.41, 5.74) is 1.16. The minimum absolute atomic E-state index is 0.0309. The summed E-state index contributed by atoms with van der Waals surface area (Å²) in [6, 6.07) is 11.5. The van der Waals surface area contributed by atoms with Gasteiger partial charge in [0.05, 0.1) is 19.4 Å². The van der Waals surface area contributed by atoms with Crippen LogP contribution in [0, 0.1) is 6.92 Å². The number of benzene rings is 1. The molecule has 1 atom stereocenters. The number of ether oxygens (including phenoxy) is 1. The molecule has 1 aromatic heterocycles. The first-order valence-electron chi connectivity index (χ1n) is 9.11. The average molecular weight is 372 g/mol. The van der Waals surface area contributed by atoms with Crippen LogP contribution in [0.1, 0.15) is 25.2 Å². The van der Waals surface area contributed by atoms with Crippen molar-refractivity contribution in [2.24, 2.45) is 4.99 Å². The number of aryl methyl sites for hydroxylation is 1. The summed E-state index contributed by atoms with van der Waals surface area (Å²) < 4.78 is 11.1. The van der Waals surface area contributed by atoms with Crippen molar-refractivity contribution in [3.63, 3.8) is 0 Å². The van der Waals surface area contributed by atoms with Gasteiger partial charge in [0.1, 0.15) is 24.2 Å². The van der Waals surface area contributed by atoms with Crippen LogP contribution in [-0.2, 0) is 11.3 Å². The molecule has 0 saturated carbocycles. The highest BCUT2D eigenvalue weighted by molar-refractivity contribution is 5.84. The van der Waals surface area contributed by atoms with Gasteiger partial charge in [0.25, 0.3) is 0 Å². The number of guanidine groups is 1. The van der Waals surface area contributed by atoms with Crippen molar-refractivity contribution in [2.45, 2.75) is 33.4 Å². The number of carbonyl (C=O) groups is 1. The van der Waals surface area contributed by atoms with Gasteiger partial charge in [-0.2, -0.15) is 0 Å². The molecule has 0 radical (unpaired) electrons. The highest BCUT2D eigenvalue weighted by Crippen LogP contribution is 2.13. The smallest absolute Gasteiger partial charge is 0.242 e. The van der Waals surface area contributed by atoms with E-state index < -0.39 is 0 Å². The standard InChI is InChI=1S/C20H28N4O3/c1-4-21-20(24-14-19(25)22-13-18-9-6-10-26-18)23-12-16(3)27-17-8-5-7-15(2)11-17/h5-11,16H,4,12-14H2,1-3H3,(H,22,25)(H2,21,23,24). The molecule has 0 fully saturated rings. The normalized spacial score (nSPS) is 12.3. The lowest BCUT2D eigenvalue weighted by molar-refractivity contribution is -0.119. The fraction of sp³-hybridized carbons (Fsp3) is 0.400. The quantitative estimate of drug-likeness (QED) is 0.464. The van der Waals surface area contributed by atoms with Crippen LogP contribution in [-0.4, -0.2) is 37.6 Å². The van der Waals surface area contributed by atoms with Gasteiger partial charge in [-0.25, -0.2) is 4.99 Å². The molecule has 0 spiro atoms. The molecule has 0 aliphatic heterocycles. The van der Waals surface area contributed by atoms with Crippen molar-refractivity contribution in [1.29, 1.82) is 0 Å². The number of amides is 1. The lowest BCUT2D eigenvalue weighted by Crippen LogP contribution is -2.42. The van der Waals surface area contributed by atoms with Crippen LogP contribution < -0.4 is 20.7 Å². The zero-order valence-electron chi connectivity index (χ0n) is 16.1. The van der Waals surface area contributed by atoms with Crippen molar-refractivity contribution >= 4 is 11.9 Å². The van der Waals surface area contributed by atoms with Gasteiger partial charge in [-0.05, 0) is 50.6 Å². The monoisotopic (exact) mass is 372 g/mol. The van der Waals surface area contributed by atoms with E-state index in [0.717, 1.165) is 11.3 Å². The maximum atomic E-state index is 11.9. The molecule has 1 unspecified atom stereocenters.